The second kappa shape index (κ2) is 5.32. The van der Waals surface area contributed by atoms with E-state index < -0.39 is 0 Å². The lowest BCUT2D eigenvalue weighted by atomic mass is 9.92. The molecule has 0 saturated carbocycles. The highest BCUT2D eigenvalue weighted by Gasteiger charge is 2.31. The maximum absolute atomic E-state index is 8.93. The summed E-state index contributed by atoms with van der Waals surface area (Å²) in [5, 5.41) is 12.4. The van der Waals surface area contributed by atoms with Crippen molar-refractivity contribution in [2.24, 2.45) is 11.1 Å². The van der Waals surface area contributed by atoms with Gasteiger partial charge in [0.25, 0.3) is 0 Å². The Hall–Kier alpha value is -1.35. The number of rotatable bonds is 2. The lowest BCUT2D eigenvalue weighted by Crippen LogP contribution is -3.16. The van der Waals surface area contributed by atoms with Crippen molar-refractivity contribution in [3.05, 3.63) is 35.9 Å². The van der Waals surface area contributed by atoms with Crippen LogP contribution in [-0.4, -0.2) is 23.5 Å². The number of benzene rings is 1. The van der Waals surface area contributed by atoms with Crippen LogP contribution < -0.4 is 4.90 Å². The van der Waals surface area contributed by atoms with Gasteiger partial charge in [0.1, 0.15) is 6.54 Å². The number of oxime groups is 1. The highest BCUT2D eigenvalue weighted by molar-refractivity contribution is 5.86. The van der Waals surface area contributed by atoms with Crippen molar-refractivity contribution in [1.29, 1.82) is 0 Å². The molecule has 1 unspecified atom stereocenters. The third kappa shape index (κ3) is 2.86. The van der Waals surface area contributed by atoms with Gasteiger partial charge in [0.05, 0.1) is 18.3 Å². The van der Waals surface area contributed by atoms with Gasteiger partial charge in [-0.1, -0.05) is 42.4 Å². The molecule has 0 aromatic heterocycles. The van der Waals surface area contributed by atoms with E-state index >= 15 is 0 Å². The van der Waals surface area contributed by atoms with Crippen LogP contribution in [0.25, 0.3) is 0 Å². The SMILES string of the molecule is C[C@@H]1C[NH+](Cc2ccccc2)[C@@H](C)C/C1=N\O. The molecule has 0 aliphatic carbocycles. The smallest absolute Gasteiger partial charge is 0.103 e. The van der Waals surface area contributed by atoms with Crippen LogP contribution in [0.4, 0.5) is 0 Å². The second-order valence-corrected chi connectivity index (χ2v) is 5.12. The number of hydrogen-bond acceptors (Lipinski definition) is 2. The van der Waals surface area contributed by atoms with Gasteiger partial charge in [-0.3, -0.25) is 0 Å². The largest absolute Gasteiger partial charge is 0.411 e. The number of likely N-dealkylation sites (tertiary alicyclic amines) is 1. The summed E-state index contributed by atoms with van der Waals surface area (Å²) in [4.78, 5) is 1.58. The van der Waals surface area contributed by atoms with E-state index in [4.69, 9.17) is 5.21 Å². The zero-order valence-corrected chi connectivity index (χ0v) is 10.6. The van der Waals surface area contributed by atoms with Crippen LogP contribution in [0, 0.1) is 5.92 Å². The molecule has 1 saturated heterocycles. The van der Waals surface area contributed by atoms with Crippen LogP contribution >= 0.6 is 0 Å². The Kier molecular flexibility index (Phi) is 3.79. The van der Waals surface area contributed by atoms with E-state index in [0.717, 1.165) is 25.2 Å². The van der Waals surface area contributed by atoms with E-state index in [-0.39, 0.29) is 0 Å². The molecule has 1 aromatic rings. The second-order valence-electron chi connectivity index (χ2n) is 5.12. The van der Waals surface area contributed by atoms with Crippen LogP contribution in [0.5, 0.6) is 0 Å². The highest BCUT2D eigenvalue weighted by Crippen LogP contribution is 2.08. The van der Waals surface area contributed by atoms with E-state index in [0.29, 0.717) is 12.0 Å². The van der Waals surface area contributed by atoms with Crippen LogP contribution in [0.1, 0.15) is 25.8 Å². The standard InChI is InChI=1S/C14H20N2O/c1-11-9-16(12(2)8-14(11)15-17)10-13-6-4-3-5-7-13/h3-7,11-12,17H,8-10H2,1-2H3/p+1/b15-14+/t11-,12+/m1/s1. The van der Waals surface area contributed by atoms with Gasteiger partial charge in [0.15, 0.2) is 0 Å². The zero-order chi connectivity index (χ0) is 12.3. The van der Waals surface area contributed by atoms with E-state index in [2.05, 4.69) is 49.3 Å². The molecule has 1 aliphatic heterocycles. The molecule has 0 bridgehead atoms. The maximum atomic E-state index is 8.93. The summed E-state index contributed by atoms with van der Waals surface area (Å²) in [5.74, 6) is 0.384. The van der Waals surface area contributed by atoms with Gasteiger partial charge in [0.2, 0.25) is 0 Å². The zero-order valence-electron chi connectivity index (χ0n) is 10.6. The van der Waals surface area contributed by atoms with Gasteiger partial charge in [-0.25, -0.2) is 0 Å². The first-order chi connectivity index (χ1) is 8.20. The lowest BCUT2D eigenvalue weighted by molar-refractivity contribution is -0.940. The molecule has 1 aromatic carbocycles. The Morgan fingerprint density at radius 2 is 2.00 bits per heavy atom. The number of quaternary nitrogens is 1. The van der Waals surface area contributed by atoms with Gasteiger partial charge in [0, 0.05) is 17.9 Å². The normalized spacial score (nSPS) is 31.6. The average molecular weight is 233 g/mol. The van der Waals surface area contributed by atoms with Gasteiger partial charge in [-0.2, -0.15) is 0 Å². The molecule has 0 radical (unpaired) electrons. The molecule has 3 atom stereocenters. The Morgan fingerprint density at radius 1 is 1.29 bits per heavy atom. The van der Waals surface area contributed by atoms with Gasteiger partial charge in [-0.15, -0.1) is 0 Å². The molecule has 1 heterocycles. The van der Waals surface area contributed by atoms with E-state index in [1.807, 2.05) is 0 Å². The van der Waals surface area contributed by atoms with Crippen molar-refractivity contribution in [2.45, 2.75) is 32.9 Å². The third-order valence-corrected chi connectivity index (χ3v) is 3.75. The molecular weight excluding hydrogens is 212 g/mol. The number of nitrogens with one attached hydrogen (secondary N) is 1. The van der Waals surface area contributed by atoms with Crippen LogP contribution in [0.15, 0.2) is 35.5 Å². The minimum atomic E-state index is 0.384. The first kappa shape index (κ1) is 12.1. The number of nitrogens with zero attached hydrogens (tertiary/aromatic N) is 1. The van der Waals surface area contributed by atoms with E-state index in [1.165, 1.54) is 5.56 Å². The molecule has 92 valence electrons. The Labute approximate surface area is 103 Å². The fraction of sp³-hybridized carbons (Fsp3) is 0.500. The number of piperidine rings is 1. The minimum absolute atomic E-state index is 0.384. The first-order valence-corrected chi connectivity index (χ1v) is 6.30. The number of hydrogen-bond donors (Lipinski definition) is 2. The summed E-state index contributed by atoms with van der Waals surface area (Å²) in [7, 11) is 0. The molecule has 0 amide bonds. The molecule has 3 nitrogen and oxygen atoms in total. The summed E-state index contributed by atoms with van der Waals surface area (Å²) < 4.78 is 0. The van der Waals surface area contributed by atoms with E-state index in [9.17, 15) is 0 Å². The van der Waals surface area contributed by atoms with Crippen LogP contribution in [0.3, 0.4) is 0 Å². The van der Waals surface area contributed by atoms with Crippen molar-refractivity contribution >= 4 is 5.71 Å². The molecule has 2 N–H and O–H groups in total. The van der Waals surface area contributed by atoms with Crippen LogP contribution in [-0.2, 0) is 6.54 Å². The van der Waals surface area contributed by atoms with Gasteiger partial charge in [-0.05, 0) is 6.92 Å². The Morgan fingerprint density at radius 3 is 2.65 bits per heavy atom. The quantitative estimate of drug-likeness (QED) is 0.587. The molecule has 1 fully saturated rings. The fourth-order valence-corrected chi connectivity index (χ4v) is 2.62. The van der Waals surface area contributed by atoms with E-state index in [1.54, 1.807) is 4.90 Å². The van der Waals surface area contributed by atoms with Gasteiger partial charge >= 0.3 is 0 Å². The molecule has 17 heavy (non-hydrogen) atoms. The molecule has 2 rings (SSSR count). The van der Waals surface area contributed by atoms with Crippen molar-refractivity contribution in [3.63, 3.8) is 0 Å². The summed E-state index contributed by atoms with van der Waals surface area (Å²) in [6.45, 7) is 6.49. The van der Waals surface area contributed by atoms with Crippen LogP contribution in [0.2, 0.25) is 0 Å². The Bertz CT molecular complexity index is 388. The highest BCUT2D eigenvalue weighted by atomic mass is 16.4. The predicted molar refractivity (Wildman–Crippen MR) is 68.4 cm³/mol. The summed E-state index contributed by atoms with van der Waals surface area (Å²) in [6.07, 6.45) is 0.903. The fourth-order valence-electron chi connectivity index (χ4n) is 2.62. The molecule has 1 aliphatic rings. The van der Waals surface area contributed by atoms with Crippen molar-refractivity contribution in [2.75, 3.05) is 6.54 Å². The maximum Gasteiger partial charge on any atom is 0.103 e. The first-order valence-electron chi connectivity index (χ1n) is 6.30. The summed E-state index contributed by atoms with van der Waals surface area (Å²) in [5.41, 5.74) is 2.33. The Balaban J connectivity index is 2.03. The lowest BCUT2D eigenvalue weighted by Gasteiger charge is -2.34. The topological polar surface area (TPSA) is 37.0 Å². The van der Waals surface area contributed by atoms with Gasteiger partial charge < -0.3 is 10.1 Å². The molecule has 0 spiro atoms. The minimum Gasteiger partial charge on any atom is -0.411 e. The van der Waals surface area contributed by atoms with Crippen molar-refractivity contribution < 1.29 is 10.1 Å². The molecular formula is C14H21N2O+. The summed E-state index contributed by atoms with van der Waals surface area (Å²) in [6, 6.07) is 11.1. The monoisotopic (exact) mass is 233 g/mol. The average Bonchev–Trinajstić information content (AvgIpc) is 2.34. The van der Waals surface area contributed by atoms with Crippen molar-refractivity contribution in [1.82, 2.24) is 0 Å². The third-order valence-electron chi connectivity index (χ3n) is 3.75. The van der Waals surface area contributed by atoms with Crippen molar-refractivity contribution in [3.8, 4) is 0 Å². The predicted octanol–water partition coefficient (Wildman–Crippen LogP) is 1.33. The summed E-state index contributed by atoms with van der Waals surface area (Å²) >= 11 is 0. The molecule has 3 heteroatoms.